The fraction of sp³-hybridized carbons (Fsp3) is 0.158. The Morgan fingerprint density at radius 2 is 1.93 bits per heavy atom. The van der Waals surface area contributed by atoms with Crippen molar-refractivity contribution in [1.82, 2.24) is 9.55 Å². The number of rotatable bonds is 7. The van der Waals surface area contributed by atoms with Gasteiger partial charge in [-0.1, -0.05) is 53.2 Å². The zero-order valence-corrected chi connectivity index (χ0v) is 16.6. The van der Waals surface area contributed by atoms with Crippen molar-refractivity contribution in [2.24, 2.45) is 0 Å². The van der Waals surface area contributed by atoms with E-state index in [1.54, 1.807) is 30.5 Å². The fourth-order valence-electron chi connectivity index (χ4n) is 2.44. The predicted octanol–water partition coefficient (Wildman–Crippen LogP) is 4.46. The van der Waals surface area contributed by atoms with Crippen LogP contribution in [0.2, 0.25) is 10.0 Å². The second-order valence-corrected chi connectivity index (χ2v) is 7.59. The van der Waals surface area contributed by atoms with Gasteiger partial charge in [-0.3, -0.25) is 4.79 Å². The number of imidazole rings is 1. The van der Waals surface area contributed by atoms with Crippen LogP contribution in [0.15, 0.2) is 59.9 Å². The molecule has 0 unspecified atom stereocenters. The Balaban J connectivity index is 1.66. The summed E-state index contributed by atoms with van der Waals surface area (Å²) in [7, 11) is 0. The van der Waals surface area contributed by atoms with E-state index in [1.165, 1.54) is 11.8 Å². The van der Waals surface area contributed by atoms with Gasteiger partial charge in [-0.25, -0.2) is 4.98 Å². The van der Waals surface area contributed by atoms with Gasteiger partial charge in [0.25, 0.3) is 0 Å². The molecule has 0 aliphatic heterocycles. The smallest absolute Gasteiger partial charge is 0.234 e. The first-order chi connectivity index (χ1) is 13.0. The van der Waals surface area contributed by atoms with E-state index >= 15 is 0 Å². The molecule has 0 spiro atoms. The lowest BCUT2D eigenvalue weighted by Gasteiger charge is -2.08. The van der Waals surface area contributed by atoms with E-state index in [0.717, 1.165) is 5.56 Å². The van der Waals surface area contributed by atoms with Gasteiger partial charge < -0.3 is 15.0 Å². The summed E-state index contributed by atoms with van der Waals surface area (Å²) in [5.74, 6) is 0.0310. The number of aromatic nitrogens is 2. The van der Waals surface area contributed by atoms with Crippen molar-refractivity contribution in [3.8, 4) is 0 Å². The Kier molecular flexibility index (Phi) is 6.79. The number of hydrogen-bond acceptors (Lipinski definition) is 4. The summed E-state index contributed by atoms with van der Waals surface area (Å²) in [6.07, 6.45) is 1.78. The van der Waals surface area contributed by atoms with E-state index in [1.807, 2.05) is 28.8 Å². The van der Waals surface area contributed by atoms with Crippen LogP contribution in [0.5, 0.6) is 0 Å². The molecule has 2 aromatic carbocycles. The molecule has 5 nitrogen and oxygen atoms in total. The molecule has 1 aromatic heterocycles. The first-order valence-electron chi connectivity index (χ1n) is 8.13. The van der Waals surface area contributed by atoms with E-state index in [2.05, 4.69) is 10.3 Å². The van der Waals surface area contributed by atoms with Gasteiger partial charge in [0.05, 0.1) is 18.1 Å². The molecule has 0 saturated carbocycles. The lowest BCUT2D eigenvalue weighted by atomic mass is 10.2. The van der Waals surface area contributed by atoms with Gasteiger partial charge in [-0.05, 0) is 35.9 Å². The van der Waals surface area contributed by atoms with Gasteiger partial charge in [-0.15, -0.1) is 0 Å². The summed E-state index contributed by atoms with van der Waals surface area (Å²) in [6.45, 7) is 0.415. The second kappa shape index (κ2) is 9.28. The molecule has 3 rings (SSSR count). The maximum atomic E-state index is 12.2. The number of nitrogens with zero attached hydrogens (tertiary/aromatic N) is 2. The standard InChI is InChI=1S/C19H17Cl2N3O2S/c20-14-6-4-13(5-7-14)9-24-10-17(11-25)23-19(24)27-12-18(26)22-16-3-1-2-15(21)8-16/h1-8,10,25H,9,11-12H2,(H,22,26). The van der Waals surface area contributed by atoms with E-state index in [4.69, 9.17) is 23.2 Å². The van der Waals surface area contributed by atoms with Crippen molar-refractivity contribution in [1.29, 1.82) is 0 Å². The minimum atomic E-state index is -0.158. The highest BCUT2D eigenvalue weighted by atomic mass is 35.5. The monoisotopic (exact) mass is 421 g/mol. The summed E-state index contributed by atoms with van der Waals surface area (Å²) < 4.78 is 1.91. The van der Waals surface area contributed by atoms with Crippen LogP contribution in [0.4, 0.5) is 5.69 Å². The Bertz CT molecular complexity index is 929. The average Bonchev–Trinajstić information content (AvgIpc) is 3.04. The van der Waals surface area contributed by atoms with Crippen LogP contribution in [0.1, 0.15) is 11.3 Å². The number of carbonyl (C=O) groups is 1. The van der Waals surface area contributed by atoms with E-state index < -0.39 is 0 Å². The number of nitrogens with one attached hydrogen (secondary N) is 1. The van der Waals surface area contributed by atoms with E-state index in [9.17, 15) is 9.90 Å². The third kappa shape index (κ3) is 5.74. The number of aliphatic hydroxyl groups is 1. The lowest BCUT2D eigenvalue weighted by Crippen LogP contribution is -2.14. The number of benzene rings is 2. The largest absolute Gasteiger partial charge is 0.390 e. The zero-order chi connectivity index (χ0) is 19.2. The van der Waals surface area contributed by atoms with Crippen molar-refractivity contribution in [2.75, 3.05) is 11.1 Å². The number of thioether (sulfide) groups is 1. The second-order valence-electron chi connectivity index (χ2n) is 5.77. The number of aliphatic hydroxyl groups excluding tert-OH is 1. The SMILES string of the molecule is O=C(CSc1nc(CO)cn1Cc1ccc(Cl)cc1)Nc1cccc(Cl)c1. The molecule has 0 bridgehead atoms. The van der Waals surface area contributed by atoms with Crippen LogP contribution >= 0.6 is 35.0 Å². The van der Waals surface area contributed by atoms with Gasteiger partial charge in [-0.2, -0.15) is 0 Å². The van der Waals surface area contributed by atoms with Crippen LogP contribution in [0, 0.1) is 0 Å². The normalized spacial score (nSPS) is 10.8. The molecule has 3 aromatic rings. The van der Waals surface area contributed by atoms with Crippen molar-refractivity contribution >= 4 is 46.6 Å². The molecule has 0 saturated heterocycles. The minimum absolute atomic E-state index is 0.157. The highest BCUT2D eigenvalue weighted by Gasteiger charge is 2.12. The number of halogens is 2. The third-order valence-electron chi connectivity index (χ3n) is 3.66. The van der Waals surface area contributed by atoms with Crippen LogP contribution in [-0.2, 0) is 17.9 Å². The Morgan fingerprint density at radius 3 is 2.63 bits per heavy atom. The molecule has 0 fully saturated rings. The van der Waals surface area contributed by atoms with Crippen LogP contribution in [0.25, 0.3) is 0 Å². The number of amides is 1. The Hall–Kier alpha value is -1.99. The predicted molar refractivity (Wildman–Crippen MR) is 110 cm³/mol. The number of hydrogen-bond donors (Lipinski definition) is 2. The molecule has 0 aliphatic rings. The van der Waals surface area contributed by atoms with Gasteiger partial charge in [0.1, 0.15) is 0 Å². The zero-order valence-electron chi connectivity index (χ0n) is 14.2. The van der Waals surface area contributed by atoms with Gasteiger partial charge >= 0.3 is 0 Å². The summed E-state index contributed by atoms with van der Waals surface area (Å²) in [4.78, 5) is 16.6. The van der Waals surface area contributed by atoms with E-state index in [0.29, 0.717) is 33.1 Å². The first kappa shape index (κ1) is 19.8. The molecule has 0 aliphatic carbocycles. The van der Waals surface area contributed by atoms with Crippen LogP contribution < -0.4 is 5.32 Å². The minimum Gasteiger partial charge on any atom is -0.390 e. The molecular formula is C19H17Cl2N3O2S. The average molecular weight is 422 g/mol. The van der Waals surface area contributed by atoms with Crippen molar-refractivity contribution in [3.63, 3.8) is 0 Å². The van der Waals surface area contributed by atoms with E-state index in [-0.39, 0.29) is 18.3 Å². The molecule has 1 heterocycles. The Morgan fingerprint density at radius 1 is 1.15 bits per heavy atom. The first-order valence-corrected chi connectivity index (χ1v) is 9.87. The third-order valence-corrected chi connectivity index (χ3v) is 5.14. The van der Waals surface area contributed by atoms with Crippen LogP contribution in [0.3, 0.4) is 0 Å². The summed E-state index contributed by atoms with van der Waals surface area (Å²) in [6, 6.07) is 14.5. The molecule has 0 radical (unpaired) electrons. The van der Waals surface area contributed by atoms with Crippen molar-refractivity contribution in [2.45, 2.75) is 18.3 Å². The van der Waals surface area contributed by atoms with Gasteiger partial charge in [0.15, 0.2) is 5.16 Å². The summed E-state index contributed by atoms with van der Waals surface area (Å²) in [5, 5.41) is 14.1. The van der Waals surface area contributed by atoms with Gasteiger partial charge in [0, 0.05) is 28.5 Å². The summed E-state index contributed by atoms with van der Waals surface area (Å²) in [5.41, 5.74) is 2.25. The quantitative estimate of drug-likeness (QED) is 0.552. The number of carbonyl (C=O) groups excluding carboxylic acids is 1. The molecule has 2 N–H and O–H groups in total. The maximum Gasteiger partial charge on any atom is 0.234 e. The highest BCUT2D eigenvalue weighted by Crippen LogP contribution is 2.21. The molecule has 1 amide bonds. The topological polar surface area (TPSA) is 67.1 Å². The fourth-order valence-corrected chi connectivity index (χ4v) is 3.55. The summed E-state index contributed by atoms with van der Waals surface area (Å²) >= 11 is 13.2. The number of anilines is 1. The molecular weight excluding hydrogens is 405 g/mol. The highest BCUT2D eigenvalue weighted by molar-refractivity contribution is 7.99. The van der Waals surface area contributed by atoms with Crippen LogP contribution in [-0.4, -0.2) is 26.3 Å². The molecule has 140 valence electrons. The lowest BCUT2D eigenvalue weighted by molar-refractivity contribution is -0.113. The molecule has 0 atom stereocenters. The maximum absolute atomic E-state index is 12.2. The molecule has 27 heavy (non-hydrogen) atoms. The molecule has 8 heteroatoms. The van der Waals surface area contributed by atoms with Gasteiger partial charge in [0.2, 0.25) is 5.91 Å². The Labute approximate surface area is 171 Å². The van der Waals surface area contributed by atoms with Crippen molar-refractivity contribution < 1.29 is 9.90 Å². The van der Waals surface area contributed by atoms with Crippen molar-refractivity contribution in [3.05, 3.63) is 76.0 Å².